The molecule has 1 amide bonds. The molecule has 0 aliphatic rings. The Morgan fingerprint density at radius 1 is 1.08 bits per heavy atom. The van der Waals surface area contributed by atoms with Gasteiger partial charge in [0.1, 0.15) is 6.04 Å². The highest BCUT2D eigenvalue weighted by atomic mass is 32.2. The van der Waals surface area contributed by atoms with Crippen molar-refractivity contribution in [3.63, 3.8) is 0 Å². The zero-order chi connectivity index (χ0) is 18.6. The van der Waals surface area contributed by atoms with Crippen LogP contribution in [-0.2, 0) is 14.8 Å². The molecule has 2 aromatic carbocycles. The zero-order valence-electron chi connectivity index (χ0n) is 15.0. The van der Waals surface area contributed by atoms with E-state index < -0.39 is 16.1 Å². The van der Waals surface area contributed by atoms with Crippen LogP contribution in [0.25, 0.3) is 0 Å². The molecule has 0 saturated carbocycles. The van der Waals surface area contributed by atoms with Gasteiger partial charge in [0.25, 0.3) is 0 Å². The zero-order valence-corrected chi connectivity index (χ0v) is 15.8. The summed E-state index contributed by atoms with van der Waals surface area (Å²) in [5.41, 5.74) is 3.18. The number of carbonyl (C=O) groups is 1. The van der Waals surface area contributed by atoms with Gasteiger partial charge in [0.05, 0.1) is 11.9 Å². The van der Waals surface area contributed by atoms with E-state index in [0.29, 0.717) is 17.8 Å². The fourth-order valence-corrected chi connectivity index (χ4v) is 3.91. The Kier molecular flexibility index (Phi) is 5.85. The molecule has 0 spiro atoms. The van der Waals surface area contributed by atoms with Gasteiger partial charge in [-0.2, -0.15) is 0 Å². The molecule has 0 unspecified atom stereocenters. The molecule has 134 valence electrons. The van der Waals surface area contributed by atoms with Crippen LogP contribution in [0.5, 0.6) is 0 Å². The van der Waals surface area contributed by atoms with E-state index in [1.807, 2.05) is 44.2 Å². The summed E-state index contributed by atoms with van der Waals surface area (Å²) in [7, 11) is -3.62. The van der Waals surface area contributed by atoms with Gasteiger partial charge >= 0.3 is 0 Å². The number of carbonyl (C=O) groups excluding carboxylic acids is 1. The lowest BCUT2D eigenvalue weighted by Crippen LogP contribution is -2.47. The molecule has 25 heavy (non-hydrogen) atoms. The molecule has 0 heterocycles. The van der Waals surface area contributed by atoms with Crippen LogP contribution in [0.4, 0.5) is 11.4 Å². The van der Waals surface area contributed by atoms with Crippen LogP contribution in [0.3, 0.4) is 0 Å². The number of benzene rings is 2. The molecule has 1 N–H and O–H groups in total. The molecule has 0 aromatic heterocycles. The minimum Gasteiger partial charge on any atom is -0.324 e. The molecule has 0 radical (unpaired) electrons. The Bertz CT molecular complexity index is 845. The van der Waals surface area contributed by atoms with E-state index in [4.69, 9.17) is 0 Å². The van der Waals surface area contributed by atoms with Crippen LogP contribution >= 0.6 is 0 Å². The first-order chi connectivity index (χ1) is 11.7. The number of nitrogens with zero attached hydrogens (tertiary/aromatic N) is 1. The molecule has 0 aliphatic heterocycles. The quantitative estimate of drug-likeness (QED) is 0.857. The largest absolute Gasteiger partial charge is 0.324 e. The maximum Gasteiger partial charge on any atom is 0.248 e. The van der Waals surface area contributed by atoms with E-state index in [2.05, 4.69) is 5.32 Å². The molecule has 0 bridgehead atoms. The minimum atomic E-state index is -3.62. The molecule has 2 aromatic rings. The van der Waals surface area contributed by atoms with Gasteiger partial charge in [-0.25, -0.2) is 8.42 Å². The summed E-state index contributed by atoms with van der Waals surface area (Å²) in [6, 6.07) is 13.7. The van der Waals surface area contributed by atoms with Crippen LogP contribution in [0.15, 0.2) is 48.5 Å². The summed E-state index contributed by atoms with van der Waals surface area (Å²) in [4.78, 5) is 12.8. The Morgan fingerprint density at radius 3 is 2.24 bits per heavy atom. The number of hydrogen-bond acceptors (Lipinski definition) is 3. The van der Waals surface area contributed by atoms with Crippen molar-refractivity contribution in [3.8, 4) is 0 Å². The second kappa shape index (κ2) is 7.70. The average molecular weight is 360 g/mol. The van der Waals surface area contributed by atoms with Crippen molar-refractivity contribution in [2.45, 2.75) is 33.2 Å². The minimum absolute atomic E-state index is 0.348. The lowest BCUT2D eigenvalue weighted by molar-refractivity contribution is -0.117. The van der Waals surface area contributed by atoms with Gasteiger partial charge in [0, 0.05) is 5.69 Å². The number of hydrogen-bond donors (Lipinski definition) is 1. The Hall–Kier alpha value is -2.34. The SMILES string of the molecule is CC[C@@H](C(=O)Nc1cccc(C)c1)N(c1ccc(C)cc1)S(C)(=O)=O. The highest BCUT2D eigenvalue weighted by molar-refractivity contribution is 7.92. The van der Waals surface area contributed by atoms with Gasteiger partial charge in [-0.15, -0.1) is 0 Å². The van der Waals surface area contributed by atoms with Crippen molar-refractivity contribution in [2.24, 2.45) is 0 Å². The first-order valence-corrected chi connectivity index (χ1v) is 10.0. The maximum absolute atomic E-state index is 12.8. The number of amides is 1. The number of anilines is 2. The van der Waals surface area contributed by atoms with Crippen molar-refractivity contribution >= 4 is 27.3 Å². The summed E-state index contributed by atoms with van der Waals surface area (Å²) < 4.78 is 25.9. The van der Waals surface area contributed by atoms with Crippen molar-refractivity contribution in [1.82, 2.24) is 0 Å². The van der Waals surface area contributed by atoms with Gasteiger partial charge in [0.15, 0.2) is 0 Å². The molecular formula is C19H24N2O3S. The van der Waals surface area contributed by atoms with E-state index in [9.17, 15) is 13.2 Å². The fourth-order valence-electron chi connectivity index (χ4n) is 2.70. The summed E-state index contributed by atoms with van der Waals surface area (Å²) >= 11 is 0. The third kappa shape index (κ3) is 4.82. The Balaban J connectivity index is 2.36. The predicted octanol–water partition coefficient (Wildman–Crippen LogP) is 3.49. The fraction of sp³-hybridized carbons (Fsp3) is 0.316. The lowest BCUT2D eigenvalue weighted by atomic mass is 10.1. The van der Waals surface area contributed by atoms with Crippen molar-refractivity contribution in [2.75, 3.05) is 15.9 Å². The van der Waals surface area contributed by atoms with Crippen molar-refractivity contribution in [1.29, 1.82) is 0 Å². The van der Waals surface area contributed by atoms with E-state index in [1.54, 1.807) is 25.1 Å². The number of nitrogens with one attached hydrogen (secondary N) is 1. The molecule has 0 fully saturated rings. The van der Waals surface area contributed by atoms with Crippen LogP contribution in [-0.4, -0.2) is 26.6 Å². The normalized spacial score (nSPS) is 12.5. The maximum atomic E-state index is 12.8. The average Bonchev–Trinajstić information content (AvgIpc) is 2.52. The highest BCUT2D eigenvalue weighted by Gasteiger charge is 2.31. The van der Waals surface area contributed by atoms with Crippen LogP contribution in [0.2, 0.25) is 0 Å². The van der Waals surface area contributed by atoms with Crippen molar-refractivity contribution in [3.05, 3.63) is 59.7 Å². The first kappa shape index (κ1) is 19.0. The van der Waals surface area contributed by atoms with E-state index in [0.717, 1.165) is 17.4 Å². The number of aryl methyl sites for hydroxylation is 2. The third-order valence-electron chi connectivity index (χ3n) is 3.90. The number of rotatable bonds is 6. The topological polar surface area (TPSA) is 66.5 Å². The second-order valence-electron chi connectivity index (χ2n) is 6.18. The van der Waals surface area contributed by atoms with Gasteiger partial charge in [-0.1, -0.05) is 36.8 Å². The Morgan fingerprint density at radius 2 is 1.72 bits per heavy atom. The molecule has 0 saturated heterocycles. The standard InChI is InChI=1S/C19H24N2O3S/c1-5-18(19(22)20-16-8-6-7-15(3)13-16)21(25(4,23)24)17-11-9-14(2)10-12-17/h6-13,18H,5H2,1-4H3,(H,20,22)/t18-/m0/s1. The molecule has 6 heteroatoms. The van der Waals surface area contributed by atoms with Crippen molar-refractivity contribution < 1.29 is 13.2 Å². The summed E-state index contributed by atoms with van der Waals surface area (Å²) in [6.45, 7) is 5.66. The van der Waals surface area contributed by atoms with Gasteiger partial charge in [-0.05, 0) is 50.1 Å². The van der Waals surface area contributed by atoms with Gasteiger partial charge < -0.3 is 5.32 Å². The summed E-state index contributed by atoms with van der Waals surface area (Å²) in [5.74, 6) is -0.348. The van der Waals surface area contributed by atoms with Gasteiger partial charge in [0.2, 0.25) is 15.9 Å². The molecule has 0 aliphatic carbocycles. The lowest BCUT2D eigenvalue weighted by Gasteiger charge is -2.30. The molecule has 5 nitrogen and oxygen atoms in total. The smallest absolute Gasteiger partial charge is 0.248 e. The van der Waals surface area contributed by atoms with Crippen LogP contribution < -0.4 is 9.62 Å². The first-order valence-electron chi connectivity index (χ1n) is 8.16. The Labute approximate surface area is 149 Å². The van der Waals surface area contributed by atoms with Crippen LogP contribution in [0, 0.1) is 13.8 Å². The van der Waals surface area contributed by atoms with E-state index in [-0.39, 0.29) is 5.91 Å². The summed E-state index contributed by atoms with van der Waals surface area (Å²) in [6.07, 6.45) is 1.48. The van der Waals surface area contributed by atoms with Crippen LogP contribution in [0.1, 0.15) is 24.5 Å². The molecular weight excluding hydrogens is 336 g/mol. The second-order valence-corrected chi connectivity index (χ2v) is 8.04. The number of sulfonamides is 1. The monoisotopic (exact) mass is 360 g/mol. The van der Waals surface area contributed by atoms with E-state index in [1.165, 1.54) is 4.31 Å². The third-order valence-corrected chi connectivity index (χ3v) is 5.08. The predicted molar refractivity (Wildman–Crippen MR) is 102 cm³/mol. The summed E-state index contributed by atoms with van der Waals surface area (Å²) in [5, 5.41) is 2.82. The molecule has 1 atom stereocenters. The molecule has 2 rings (SSSR count). The van der Waals surface area contributed by atoms with Gasteiger partial charge in [-0.3, -0.25) is 9.10 Å². The van der Waals surface area contributed by atoms with E-state index >= 15 is 0 Å². The highest BCUT2D eigenvalue weighted by Crippen LogP contribution is 2.24.